The van der Waals surface area contributed by atoms with Crippen molar-refractivity contribution in [1.29, 1.82) is 0 Å². The second kappa shape index (κ2) is 14.8. The highest BCUT2D eigenvalue weighted by Crippen LogP contribution is 2.36. The van der Waals surface area contributed by atoms with E-state index in [2.05, 4.69) is 20.9 Å². The standard InChI is InChI=1S/C34H41Cl2N5O5/c1-19(2)11-28(40-34(46)41-17-21-7-8-22(12-21)18-41)31(42)38-29(15-23-16-37-27-6-4-3-5-24(23)27)32(43)39-30(33(44)45)14-20-9-10-25(35)26(36)13-20/h3-6,9-10,13,16,19,21-22,28-30,37H,7-8,11-12,14-15,17-18H2,1-2H3,(H,38,42)(H,39,43)(H,40,46)(H,44,45)/t21-,22+,28-,29+,30-/m0/s1. The van der Waals surface area contributed by atoms with Crippen LogP contribution in [0.15, 0.2) is 48.7 Å². The number of H-pyrrole nitrogens is 1. The molecule has 2 aromatic carbocycles. The van der Waals surface area contributed by atoms with Gasteiger partial charge in [0.05, 0.1) is 10.0 Å². The van der Waals surface area contributed by atoms with Crippen molar-refractivity contribution in [2.45, 2.75) is 70.5 Å². The SMILES string of the molecule is CC(C)C[C@H](NC(=O)N1C[C@@H]2CC[C@@H](C2)C1)C(=O)N[C@H](Cc1c[nH]c2ccccc12)C(=O)N[C@@H](Cc1ccc(Cl)c(Cl)c1)C(=O)O. The molecule has 1 aliphatic heterocycles. The number of piperidine rings is 1. The van der Waals surface area contributed by atoms with Crippen LogP contribution in [0.3, 0.4) is 0 Å². The second-order valence-corrected chi connectivity index (χ2v) is 13.9. The lowest BCUT2D eigenvalue weighted by molar-refractivity contribution is -0.142. The van der Waals surface area contributed by atoms with Crippen molar-refractivity contribution in [2.75, 3.05) is 13.1 Å². The molecule has 5 N–H and O–H groups in total. The normalized spacial score (nSPS) is 19.5. The summed E-state index contributed by atoms with van der Waals surface area (Å²) in [5.74, 6) is -1.32. The minimum absolute atomic E-state index is 0.0461. The van der Waals surface area contributed by atoms with E-state index in [0.29, 0.717) is 41.9 Å². The van der Waals surface area contributed by atoms with Gasteiger partial charge >= 0.3 is 12.0 Å². The van der Waals surface area contributed by atoms with Crippen molar-refractivity contribution in [3.63, 3.8) is 0 Å². The van der Waals surface area contributed by atoms with E-state index in [-0.39, 0.29) is 29.8 Å². The molecule has 4 amide bonds. The number of carboxylic acids is 1. The largest absolute Gasteiger partial charge is 0.480 e. The predicted molar refractivity (Wildman–Crippen MR) is 178 cm³/mol. The van der Waals surface area contributed by atoms with Crippen molar-refractivity contribution in [2.24, 2.45) is 17.8 Å². The van der Waals surface area contributed by atoms with Crippen LogP contribution in [0.2, 0.25) is 10.0 Å². The molecule has 3 aromatic rings. The molecule has 10 nitrogen and oxygen atoms in total. The van der Waals surface area contributed by atoms with Gasteiger partial charge in [-0.15, -0.1) is 0 Å². The number of aromatic nitrogens is 1. The van der Waals surface area contributed by atoms with Crippen LogP contribution in [-0.2, 0) is 27.2 Å². The van der Waals surface area contributed by atoms with E-state index in [1.165, 1.54) is 0 Å². The Balaban J connectivity index is 1.35. The summed E-state index contributed by atoms with van der Waals surface area (Å²) in [5.41, 5.74) is 2.22. The van der Waals surface area contributed by atoms with Gasteiger partial charge in [0.25, 0.3) is 0 Å². The Morgan fingerprint density at radius 3 is 2.24 bits per heavy atom. The van der Waals surface area contributed by atoms with Crippen molar-refractivity contribution in [3.05, 3.63) is 69.8 Å². The summed E-state index contributed by atoms with van der Waals surface area (Å²) in [6.07, 6.45) is 5.59. The first-order chi connectivity index (χ1) is 22.0. The number of aliphatic carboxylic acids is 1. The molecule has 5 atom stereocenters. The Hall–Kier alpha value is -3.76. The summed E-state index contributed by atoms with van der Waals surface area (Å²) in [7, 11) is 0. The fraction of sp³-hybridized carbons (Fsp3) is 0.471. The van der Waals surface area contributed by atoms with E-state index in [1.54, 1.807) is 24.4 Å². The molecular formula is C34H41Cl2N5O5. The Morgan fingerprint density at radius 2 is 1.57 bits per heavy atom. The number of urea groups is 1. The number of benzene rings is 2. The first-order valence-corrected chi connectivity index (χ1v) is 16.6. The maximum atomic E-state index is 13.8. The zero-order chi connectivity index (χ0) is 33.0. The highest BCUT2D eigenvalue weighted by Gasteiger charge is 2.37. The summed E-state index contributed by atoms with van der Waals surface area (Å²) in [5, 5.41) is 19.9. The molecule has 2 bridgehead atoms. The van der Waals surface area contributed by atoms with Crippen LogP contribution in [0.1, 0.15) is 50.7 Å². The van der Waals surface area contributed by atoms with E-state index < -0.39 is 35.9 Å². The number of carbonyl (C=O) groups is 4. The number of nitrogens with one attached hydrogen (secondary N) is 4. The molecule has 2 heterocycles. The van der Waals surface area contributed by atoms with Gasteiger partial charge in [0.15, 0.2) is 0 Å². The molecule has 1 saturated heterocycles. The van der Waals surface area contributed by atoms with Gasteiger partial charge in [-0.3, -0.25) is 9.59 Å². The monoisotopic (exact) mass is 669 g/mol. The van der Waals surface area contributed by atoms with Crippen LogP contribution in [0.25, 0.3) is 10.9 Å². The molecule has 46 heavy (non-hydrogen) atoms. The number of amides is 4. The lowest BCUT2D eigenvalue weighted by Crippen LogP contribution is -2.58. The summed E-state index contributed by atoms with van der Waals surface area (Å²) >= 11 is 12.2. The van der Waals surface area contributed by atoms with Crippen molar-refractivity contribution in [1.82, 2.24) is 25.8 Å². The van der Waals surface area contributed by atoms with Crippen molar-refractivity contribution in [3.8, 4) is 0 Å². The van der Waals surface area contributed by atoms with Crippen molar-refractivity contribution < 1.29 is 24.3 Å². The number of aromatic amines is 1. The number of halogens is 2. The minimum atomic E-state index is -1.30. The van der Waals surface area contributed by atoms with Gasteiger partial charge in [-0.05, 0) is 72.8 Å². The summed E-state index contributed by atoms with van der Waals surface area (Å²) < 4.78 is 0. The van der Waals surface area contributed by atoms with Gasteiger partial charge in [0, 0.05) is 43.0 Å². The van der Waals surface area contributed by atoms with Gasteiger partial charge in [0.2, 0.25) is 11.8 Å². The van der Waals surface area contributed by atoms with Crippen LogP contribution in [-0.4, -0.2) is 70.0 Å². The number of para-hydroxylation sites is 1. The molecule has 12 heteroatoms. The second-order valence-electron chi connectivity index (χ2n) is 13.1. The van der Waals surface area contributed by atoms with Crippen LogP contribution >= 0.6 is 23.2 Å². The van der Waals surface area contributed by atoms with Gasteiger partial charge in [-0.2, -0.15) is 0 Å². The molecule has 5 rings (SSSR count). The molecule has 246 valence electrons. The topological polar surface area (TPSA) is 144 Å². The van der Waals surface area contributed by atoms with E-state index in [1.807, 2.05) is 43.0 Å². The number of nitrogens with zero attached hydrogens (tertiary/aromatic N) is 1. The average molecular weight is 671 g/mol. The van der Waals surface area contributed by atoms with Gasteiger partial charge in [-0.25, -0.2) is 9.59 Å². The van der Waals surface area contributed by atoms with Crippen LogP contribution in [0.4, 0.5) is 4.79 Å². The van der Waals surface area contributed by atoms with Gasteiger partial charge in [-0.1, -0.05) is 61.3 Å². The van der Waals surface area contributed by atoms with Gasteiger partial charge in [0.1, 0.15) is 18.1 Å². The molecule has 1 aromatic heterocycles. The Labute approximate surface area is 278 Å². The molecule has 2 fully saturated rings. The number of rotatable bonds is 12. The highest BCUT2D eigenvalue weighted by atomic mass is 35.5. The van der Waals surface area contributed by atoms with Crippen LogP contribution in [0, 0.1) is 17.8 Å². The Bertz CT molecular complexity index is 1580. The van der Waals surface area contributed by atoms with E-state index in [4.69, 9.17) is 23.2 Å². The molecule has 1 saturated carbocycles. The molecular weight excluding hydrogens is 629 g/mol. The number of carboxylic acid groups (broad SMARTS) is 1. The first-order valence-electron chi connectivity index (χ1n) is 15.8. The number of carbonyl (C=O) groups excluding carboxylic acids is 3. The first kappa shape index (κ1) is 33.6. The average Bonchev–Trinajstić information content (AvgIpc) is 3.58. The maximum absolute atomic E-state index is 13.8. The third-order valence-electron chi connectivity index (χ3n) is 8.99. The molecule has 1 aliphatic carbocycles. The minimum Gasteiger partial charge on any atom is -0.480 e. The predicted octanol–water partition coefficient (Wildman–Crippen LogP) is 5.17. The van der Waals surface area contributed by atoms with Crippen molar-refractivity contribution >= 4 is 57.9 Å². The fourth-order valence-electron chi connectivity index (χ4n) is 6.69. The summed E-state index contributed by atoms with van der Waals surface area (Å²) in [6.45, 7) is 5.28. The number of hydrogen-bond acceptors (Lipinski definition) is 4. The summed E-state index contributed by atoms with van der Waals surface area (Å²) in [6, 6.07) is 8.79. The number of hydrogen-bond donors (Lipinski definition) is 5. The third-order valence-corrected chi connectivity index (χ3v) is 9.72. The smallest absolute Gasteiger partial charge is 0.326 e. The zero-order valence-corrected chi connectivity index (χ0v) is 27.5. The molecule has 2 aliphatic rings. The Morgan fingerprint density at radius 1 is 0.891 bits per heavy atom. The third kappa shape index (κ3) is 8.33. The van der Waals surface area contributed by atoms with Crippen LogP contribution < -0.4 is 16.0 Å². The molecule has 0 unspecified atom stereocenters. The molecule has 0 radical (unpaired) electrons. The quantitative estimate of drug-likeness (QED) is 0.181. The fourth-order valence-corrected chi connectivity index (χ4v) is 7.01. The van der Waals surface area contributed by atoms with E-state index >= 15 is 0 Å². The number of likely N-dealkylation sites (tertiary alicyclic amines) is 1. The van der Waals surface area contributed by atoms with Crippen LogP contribution in [0.5, 0.6) is 0 Å². The number of fused-ring (bicyclic) bond motifs is 3. The Kier molecular flexibility index (Phi) is 10.8. The van der Waals surface area contributed by atoms with E-state index in [0.717, 1.165) is 35.7 Å². The summed E-state index contributed by atoms with van der Waals surface area (Å²) in [4.78, 5) is 58.3. The molecule has 0 spiro atoms. The van der Waals surface area contributed by atoms with Gasteiger partial charge < -0.3 is 30.9 Å². The zero-order valence-electron chi connectivity index (χ0n) is 26.0. The maximum Gasteiger partial charge on any atom is 0.326 e. The lowest BCUT2D eigenvalue weighted by Gasteiger charge is -2.33. The van der Waals surface area contributed by atoms with E-state index in [9.17, 15) is 24.3 Å². The lowest BCUT2D eigenvalue weighted by atomic mass is 9.99. The highest BCUT2D eigenvalue weighted by molar-refractivity contribution is 6.42.